The van der Waals surface area contributed by atoms with Gasteiger partial charge < -0.3 is 10.1 Å². The summed E-state index contributed by atoms with van der Waals surface area (Å²) in [6.45, 7) is 1.63. The van der Waals surface area contributed by atoms with Crippen molar-refractivity contribution >= 4 is 15.9 Å². The van der Waals surface area contributed by atoms with Gasteiger partial charge in [0.2, 0.25) is 0 Å². The normalized spacial score (nSPS) is 21.7. The van der Waals surface area contributed by atoms with Gasteiger partial charge in [0.25, 0.3) is 0 Å². The highest BCUT2D eigenvalue weighted by atomic mass is 79.9. The van der Waals surface area contributed by atoms with Crippen LogP contribution in [0.3, 0.4) is 0 Å². The molecule has 2 rings (SSSR count). The van der Waals surface area contributed by atoms with E-state index in [4.69, 9.17) is 4.74 Å². The molecule has 1 aromatic rings. The lowest BCUT2D eigenvalue weighted by Gasteiger charge is -2.20. The predicted molar refractivity (Wildman–Crippen MR) is 69.4 cm³/mol. The predicted octanol–water partition coefficient (Wildman–Crippen LogP) is 3.28. The van der Waals surface area contributed by atoms with Gasteiger partial charge in [0, 0.05) is 24.8 Å². The smallest absolute Gasteiger partial charge is 0.142 e. The highest BCUT2D eigenvalue weighted by Crippen LogP contribution is 2.30. The minimum absolute atomic E-state index is 0.0548. The van der Waals surface area contributed by atoms with Crippen LogP contribution in [0.4, 0.5) is 4.39 Å². The van der Waals surface area contributed by atoms with Crippen molar-refractivity contribution < 1.29 is 9.13 Å². The highest BCUT2D eigenvalue weighted by Gasteiger charge is 2.23. The van der Waals surface area contributed by atoms with Crippen molar-refractivity contribution in [2.75, 3.05) is 20.3 Å². The summed E-state index contributed by atoms with van der Waals surface area (Å²) in [4.78, 5) is 0. The molecule has 1 saturated heterocycles. The third-order valence-corrected chi connectivity index (χ3v) is 3.91. The third-order valence-electron chi connectivity index (χ3n) is 3.30. The molecule has 17 heavy (non-hydrogen) atoms. The van der Waals surface area contributed by atoms with E-state index in [1.165, 1.54) is 0 Å². The van der Waals surface area contributed by atoms with Crippen LogP contribution >= 0.6 is 15.9 Å². The summed E-state index contributed by atoms with van der Waals surface area (Å²) in [7, 11) is 1.88. The Labute approximate surface area is 110 Å². The van der Waals surface area contributed by atoms with Crippen LogP contribution in [0.2, 0.25) is 0 Å². The maximum absolute atomic E-state index is 14.0. The largest absolute Gasteiger partial charge is 0.381 e. The van der Waals surface area contributed by atoms with Crippen molar-refractivity contribution in [2.45, 2.75) is 18.9 Å². The lowest BCUT2D eigenvalue weighted by Crippen LogP contribution is -2.21. The molecule has 1 fully saturated rings. The standard InChI is InChI=1S/C13H17BrFNO/c1-16-12(7-9-5-6-17-8-9)10-3-2-4-11(14)13(10)15/h2-4,9,12,16H,5-8H2,1H3. The molecule has 0 saturated carbocycles. The summed E-state index contributed by atoms with van der Waals surface area (Å²) in [6, 6.07) is 5.50. The first-order valence-electron chi connectivity index (χ1n) is 5.91. The van der Waals surface area contributed by atoms with E-state index in [1.807, 2.05) is 19.2 Å². The van der Waals surface area contributed by atoms with Gasteiger partial charge >= 0.3 is 0 Å². The van der Waals surface area contributed by atoms with Gasteiger partial charge in [-0.3, -0.25) is 0 Å². The second-order valence-electron chi connectivity index (χ2n) is 4.45. The Morgan fingerprint density at radius 2 is 2.41 bits per heavy atom. The molecule has 0 amide bonds. The second-order valence-corrected chi connectivity index (χ2v) is 5.30. The van der Waals surface area contributed by atoms with Gasteiger partial charge in [0.05, 0.1) is 4.47 Å². The average Bonchev–Trinajstić information content (AvgIpc) is 2.83. The summed E-state index contributed by atoms with van der Waals surface area (Å²) in [5.41, 5.74) is 0.730. The summed E-state index contributed by atoms with van der Waals surface area (Å²) in [5, 5.41) is 3.20. The van der Waals surface area contributed by atoms with Gasteiger partial charge in [0.15, 0.2) is 0 Å². The van der Waals surface area contributed by atoms with Crippen molar-refractivity contribution in [1.29, 1.82) is 0 Å². The molecule has 94 valence electrons. The summed E-state index contributed by atoms with van der Waals surface area (Å²) >= 11 is 3.23. The van der Waals surface area contributed by atoms with Gasteiger partial charge in [-0.2, -0.15) is 0 Å². The van der Waals surface area contributed by atoms with Crippen LogP contribution in [0.1, 0.15) is 24.4 Å². The first-order valence-corrected chi connectivity index (χ1v) is 6.70. The molecule has 4 heteroatoms. The van der Waals surface area contributed by atoms with Crippen LogP contribution in [-0.4, -0.2) is 20.3 Å². The molecule has 0 radical (unpaired) electrons. The van der Waals surface area contributed by atoms with E-state index in [1.54, 1.807) is 6.07 Å². The van der Waals surface area contributed by atoms with Crippen molar-refractivity contribution in [3.8, 4) is 0 Å². The quantitative estimate of drug-likeness (QED) is 0.921. The van der Waals surface area contributed by atoms with E-state index >= 15 is 0 Å². The highest BCUT2D eigenvalue weighted by molar-refractivity contribution is 9.10. The zero-order chi connectivity index (χ0) is 12.3. The van der Waals surface area contributed by atoms with E-state index in [0.717, 1.165) is 31.6 Å². The second kappa shape index (κ2) is 5.94. The summed E-state index contributed by atoms with van der Waals surface area (Å²) < 4.78 is 19.9. The molecule has 0 aliphatic carbocycles. The minimum atomic E-state index is -0.161. The first kappa shape index (κ1) is 13.0. The zero-order valence-electron chi connectivity index (χ0n) is 9.88. The van der Waals surface area contributed by atoms with Gasteiger partial charge in [-0.05, 0) is 47.8 Å². The molecule has 1 aliphatic rings. The van der Waals surface area contributed by atoms with Crippen LogP contribution in [0.15, 0.2) is 22.7 Å². The van der Waals surface area contributed by atoms with Crippen molar-refractivity contribution in [3.05, 3.63) is 34.1 Å². The Balaban J connectivity index is 2.13. The fourth-order valence-corrected chi connectivity index (χ4v) is 2.67. The summed E-state index contributed by atoms with van der Waals surface area (Å²) in [6.07, 6.45) is 2.00. The Bertz CT molecular complexity index is 380. The molecule has 2 atom stereocenters. The number of ether oxygens (including phenoxy) is 1. The molecule has 2 unspecified atom stereocenters. The van der Waals surface area contributed by atoms with Crippen LogP contribution < -0.4 is 5.32 Å². The lowest BCUT2D eigenvalue weighted by molar-refractivity contribution is 0.181. The van der Waals surface area contributed by atoms with Crippen molar-refractivity contribution in [2.24, 2.45) is 5.92 Å². The van der Waals surface area contributed by atoms with E-state index in [9.17, 15) is 4.39 Å². The molecule has 0 aromatic heterocycles. The molecule has 1 aromatic carbocycles. The number of hydrogen-bond acceptors (Lipinski definition) is 2. The lowest BCUT2D eigenvalue weighted by atomic mass is 9.94. The number of halogens is 2. The number of rotatable bonds is 4. The molecule has 1 aliphatic heterocycles. The van der Waals surface area contributed by atoms with E-state index in [-0.39, 0.29) is 11.9 Å². The maximum Gasteiger partial charge on any atom is 0.142 e. The van der Waals surface area contributed by atoms with E-state index in [2.05, 4.69) is 21.2 Å². The molecule has 0 bridgehead atoms. The monoisotopic (exact) mass is 301 g/mol. The summed E-state index contributed by atoms with van der Waals surface area (Å²) in [5.74, 6) is 0.372. The van der Waals surface area contributed by atoms with Gasteiger partial charge in [-0.15, -0.1) is 0 Å². The van der Waals surface area contributed by atoms with E-state index < -0.39 is 0 Å². The van der Waals surface area contributed by atoms with Crippen LogP contribution in [0.5, 0.6) is 0 Å². The van der Waals surface area contributed by atoms with Gasteiger partial charge in [-0.25, -0.2) is 4.39 Å². The Hall–Kier alpha value is -0.450. The van der Waals surface area contributed by atoms with Crippen LogP contribution in [-0.2, 0) is 4.74 Å². The first-order chi connectivity index (χ1) is 8.22. The fourth-order valence-electron chi connectivity index (χ4n) is 2.29. The Kier molecular flexibility index (Phi) is 4.54. The topological polar surface area (TPSA) is 21.3 Å². The van der Waals surface area contributed by atoms with Crippen molar-refractivity contribution in [1.82, 2.24) is 5.32 Å². The SMILES string of the molecule is CNC(CC1CCOC1)c1cccc(Br)c1F. The average molecular weight is 302 g/mol. The Morgan fingerprint density at radius 1 is 1.59 bits per heavy atom. The molecule has 1 heterocycles. The van der Waals surface area contributed by atoms with Crippen molar-refractivity contribution in [3.63, 3.8) is 0 Å². The fraction of sp³-hybridized carbons (Fsp3) is 0.538. The maximum atomic E-state index is 14.0. The van der Waals surface area contributed by atoms with Gasteiger partial charge in [0.1, 0.15) is 5.82 Å². The molecule has 0 spiro atoms. The number of benzene rings is 1. The zero-order valence-corrected chi connectivity index (χ0v) is 11.5. The molecular weight excluding hydrogens is 285 g/mol. The Morgan fingerprint density at radius 3 is 3.06 bits per heavy atom. The molecule has 1 N–H and O–H groups in total. The van der Waals surface area contributed by atoms with Crippen LogP contribution in [0, 0.1) is 11.7 Å². The molecule has 2 nitrogen and oxygen atoms in total. The number of nitrogens with one attached hydrogen (secondary N) is 1. The third kappa shape index (κ3) is 3.06. The minimum Gasteiger partial charge on any atom is -0.381 e. The van der Waals surface area contributed by atoms with Crippen LogP contribution in [0.25, 0.3) is 0 Å². The van der Waals surface area contributed by atoms with Gasteiger partial charge in [-0.1, -0.05) is 12.1 Å². The molecular formula is C13H17BrFNO. The number of hydrogen-bond donors (Lipinski definition) is 1. The van der Waals surface area contributed by atoms with E-state index in [0.29, 0.717) is 10.4 Å².